The van der Waals surface area contributed by atoms with Crippen molar-refractivity contribution in [2.75, 3.05) is 6.54 Å². The number of rotatable bonds is 2. The molecule has 1 aliphatic rings. The van der Waals surface area contributed by atoms with E-state index in [1.54, 1.807) is 0 Å². The smallest absolute Gasteiger partial charge is 0.307 e. The molecule has 1 heterocycles. The Labute approximate surface area is 99.4 Å². The van der Waals surface area contributed by atoms with Crippen molar-refractivity contribution in [1.82, 2.24) is 5.32 Å². The molecule has 0 bridgehead atoms. The molecule has 0 radical (unpaired) electrons. The Balaban J connectivity index is 2.14. The second kappa shape index (κ2) is 4.44. The maximum Gasteiger partial charge on any atom is 0.307 e. The molecule has 0 amide bonds. The summed E-state index contributed by atoms with van der Waals surface area (Å²) in [6.07, 6.45) is 0.649. The zero-order valence-corrected chi connectivity index (χ0v) is 9.79. The van der Waals surface area contributed by atoms with E-state index in [0.717, 1.165) is 16.1 Å². The predicted octanol–water partition coefficient (Wildman–Crippen LogP) is 2.38. The van der Waals surface area contributed by atoms with Gasteiger partial charge < -0.3 is 10.4 Å². The van der Waals surface area contributed by atoms with Crippen LogP contribution in [0.5, 0.6) is 0 Å². The van der Waals surface area contributed by atoms with Crippen molar-refractivity contribution in [1.29, 1.82) is 0 Å². The molecule has 0 spiro atoms. The van der Waals surface area contributed by atoms with Crippen LogP contribution in [0, 0.1) is 12.8 Å². The van der Waals surface area contributed by atoms with Gasteiger partial charge in [-0.3, -0.25) is 4.79 Å². The summed E-state index contributed by atoms with van der Waals surface area (Å²) in [6.45, 7) is 2.50. The summed E-state index contributed by atoms with van der Waals surface area (Å²) in [5, 5.41) is 12.9. The van der Waals surface area contributed by atoms with Crippen molar-refractivity contribution in [3.05, 3.63) is 34.3 Å². The predicted molar refractivity (Wildman–Crippen MR) is 62.7 cm³/mol. The van der Waals surface area contributed by atoms with Crippen molar-refractivity contribution in [3.8, 4) is 0 Å². The van der Waals surface area contributed by atoms with Crippen LogP contribution in [0.25, 0.3) is 0 Å². The number of hydrogen-bond donors (Lipinski definition) is 2. The van der Waals surface area contributed by atoms with E-state index in [-0.39, 0.29) is 12.0 Å². The number of halogens is 1. The molecule has 2 atom stereocenters. The third kappa shape index (κ3) is 2.20. The molecular formula is C12H14ClNO2. The van der Waals surface area contributed by atoms with E-state index in [0.29, 0.717) is 13.0 Å². The van der Waals surface area contributed by atoms with Crippen molar-refractivity contribution in [2.45, 2.75) is 19.4 Å². The number of hydrogen-bond acceptors (Lipinski definition) is 2. The first-order chi connectivity index (χ1) is 7.58. The van der Waals surface area contributed by atoms with Gasteiger partial charge in [0.2, 0.25) is 0 Å². The molecule has 1 aromatic rings. The topological polar surface area (TPSA) is 49.3 Å². The van der Waals surface area contributed by atoms with Gasteiger partial charge in [-0.2, -0.15) is 0 Å². The molecular weight excluding hydrogens is 226 g/mol. The lowest BCUT2D eigenvalue weighted by Gasteiger charge is -2.11. The summed E-state index contributed by atoms with van der Waals surface area (Å²) in [6, 6.07) is 5.97. The van der Waals surface area contributed by atoms with Crippen LogP contribution in [0.2, 0.25) is 5.02 Å². The maximum absolute atomic E-state index is 10.8. The second-order valence-corrected chi connectivity index (χ2v) is 4.65. The van der Waals surface area contributed by atoms with Crippen LogP contribution in [-0.4, -0.2) is 17.6 Å². The lowest BCUT2D eigenvalue weighted by Crippen LogP contribution is -2.17. The molecule has 1 saturated heterocycles. The number of aryl methyl sites for hydroxylation is 1. The highest BCUT2D eigenvalue weighted by Crippen LogP contribution is 2.29. The summed E-state index contributed by atoms with van der Waals surface area (Å²) in [7, 11) is 0. The molecule has 0 aliphatic carbocycles. The zero-order valence-electron chi connectivity index (χ0n) is 9.03. The number of nitrogens with one attached hydrogen (secondary N) is 1. The fourth-order valence-electron chi connectivity index (χ4n) is 2.06. The van der Waals surface area contributed by atoms with Gasteiger partial charge in [0.25, 0.3) is 0 Å². The molecule has 0 aromatic heterocycles. The summed E-state index contributed by atoms with van der Waals surface area (Å²) in [5.74, 6) is -0.998. The second-order valence-electron chi connectivity index (χ2n) is 4.24. The summed E-state index contributed by atoms with van der Waals surface area (Å²) in [5.41, 5.74) is 2.14. The van der Waals surface area contributed by atoms with Gasteiger partial charge >= 0.3 is 5.97 Å². The van der Waals surface area contributed by atoms with Gasteiger partial charge in [0, 0.05) is 17.6 Å². The summed E-state index contributed by atoms with van der Waals surface area (Å²) in [4.78, 5) is 10.8. The standard InChI is InChI=1S/C12H14ClNO2/c1-7-4-8(2-3-10(7)13)11-5-9(6-14-11)12(15)16/h2-4,9,11,14H,5-6H2,1H3,(H,15,16). The highest BCUT2D eigenvalue weighted by atomic mass is 35.5. The van der Waals surface area contributed by atoms with Crippen LogP contribution in [-0.2, 0) is 4.79 Å². The van der Waals surface area contributed by atoms with Crippen LogP contribution in [0.4, 0.5) is 0 Å². The molecule has 2 N–H and O–H groups in total. The van der Waals surface area contributed by atoms with Crippen LogP contribution >= 0.6 is 11.6 Å². The van der Waals surface area contributed by atoms with Crippen LogP contribution in [0.15, 0.2) is 18.2 Å². The third-order valence-electron chi connectivity index (χ3n) is 3.06. The van der Waals surface area contributed by atoms with Gasteiger partial charge in [-0.1, -0.05) is 23.7 Å². The molecule has 1 fully saturated rings. The lowest BCUT2D eigenvalue weighted by molar-refractivity contribution is -0.141. The highest BCUT2D eigenvalue weighted by Gasteiger charge is 2.30. The Morgan fingerprint density at radius 2 is 2.31 bits per heavy atom. The van der Waals surface area contributed by atoms with Crippen molar-refractivity contribution in [3.63, 3.8) is 0 Å². The maximum atomic E-state index is 10.8. The Morgan fingerprint density at radius 1 is 1.56 bits per heavy atom. The van der Waals surface area contributed by atoms with Crippen LogP contribution < -0.4 is 5.32 Å². The Bertz CT molecular complexity index is 419. The molecule has 2 unspecified atom stereocenters. The van der Waals surface area contributed by atoms with E-state index in [4.69, 9.17) is 16.7 Å². The Kier molecular flexibility index (Phi) is 3.17. The number of aliphatic carboxylic acids is 1. The van der Waals surface area contributed by atoms with Gasteiger partial charge in [-0.25, -0.2) is 0 Å². The highest BCUT2D eigenvalue weighted by molar-refractivity contribution is 6.31. The Morgan fingerprint density at radius 3 is 2.88 bits per heavy atom. The molecule has 4 heteroatoms. The van der Waals surface area contributed by atoms with E-state index < -0.39 is 5.97 Å². The number of carbonyl (C=O) groups is 1. The molecule has 16 heavy (non-hydrogen) atoms. The SMILES string of the molecule is Cc1cc(C2CC(C(=O)O)CN2)ccc1Cl. The van der Waals surface area contributed by atoms with Gasteiger partial charge in [-0.15, -0.1) is 0 Å². The van der Waals surface area contributed by atoms with Gasteiger partial charge in [0.1, 0.15) is 0 Å². The first-order valence-electron chi connectivity index (χ1n) is 5.30. The Hall–Kier alpha value is -1.06. The number of carboxylic acids is 1. The van der Waals surface area contributed by atoms with Gasteiger partial charge in [-0.05, 0) is 30.5 Å². The van der Waals surface area contributed by atoms with Gasteiger partial charge in [0.05, 0.1) is 5.92 Å². The van der Waals surface area contributed by atoms with Gasteiger partial charge in [0.15, 0.2) is 0 Å². The summed E-state index contributed by atoms with van der Waals surface area (Å²) < 4.78 is 0. The fraction of sp³-hybridized carbons (Fsp3) is 0.417. The van der Waals surface area contributed by atoms with Crippen LogP contribution in [0.1, 0.15) is 23.6 Å². The number of carboxylic acid groups (broad SMARTS) is 1. The van der Waals surface area contributed by atoms with Crippen molar-refractivity contribution >= 4 is 17.6 Å². The number of benzene rings is 1. The third-order valence-corrected chi connectivity index (χ3v) is 3.49. The minimum absolute atomic E-state index is 0.136. The molecule has 1 aromatic carbocycles. The minimum atomic E-state index is -0.722. The first-order valence-corrected chi connectivity index (χ1v) is 5.68. The van der Waals surface area contributed by atoms with E-state index in [9.17, 15) is 4.79 Å². The van der Waals surface area contributed by atoms with E-state index in [1.807, 2.05) is 25.1 Å². The molecule has 0 saturated carbocycles. The lowest BCUT2D eigenvalue weighted by atomic mass is 9.99. The molecule has 3 nitrogen and oxygen atoms in total. The van der Waals surface area contributed by atoms with E-state index in [1.165, 1.54) is 0 Å². The molecule has 2 rings (SSSR count). The minimum Gasteiger partial charge on any atom is -0.481 e. The van der Waals surface area contributed by atoms with Crippen molar-refractivity contribution < 1.29 is 9.90 Å². The monoisotopic (exact) mass is 239 g/mol. The normalized spacial score (nSPS) is 24.6. The van der Waals surface area contributed by atoms with Crippen LogP contribution in [0.3, 0.4) is 0 Å². The quantitative estimate of drug-likeness (QED) is 0.833. The average molecular weight is 240 g/mol. The van der Waals surface area contributed by atoms with E-state index in [2.05, 4.69) is 5.32 Å². The zero-order chi connectivity index (χ0) is 11.7. The van der Waals surface area contributed by atoms with E-state index >= 15 is 0 Å². The summed E-state index contributed by atoms with van der Waals surface area (Å²) >= 11 is 5.95. The van der Waals surface area contributed by atoms with Crippen molar-refractivity contribution in [2.24, 2.45) is 5.92 Å². The first kappa shape index (κ1) is 11.4. The largest absolute Gasteiger partial charge is 0.481 e. The average Bonchev–Trinajstić information content (AvgIpc) is 2.71. The fourth-order valence-corrected chi connectivity index (χ4v) is 2.18. The molecule has 86 valence electrons. The molecule has 1 aliphatic heterocycles.